The Balaban J connectivity index is 2.24. The number of nitriles is 1. The van der Waals surface area contributed by atoms with E-state index in [1.807, 2.05) is 6.92 Å². The van der Waals surface area contributed by atoms with Crippen LogP contribution < -0.4 is 10.5 Å². The summed E-state index contributed by atoms with van der Waals surface area (Å²) in [5.74, 6) is -0.313. The number of hydrogen-bond acceptors (Lipinski definition) is 3. The second kappa shape index (κ2) is 6.06. The van der Waals surface area contributed by atoms with Crippen molar-refractivity contribution in [3.8, 4) is 23.1 Å². The largest absolute Gasteiger partial charge is 0.573 e. The molecular formula is C18H14F3N3O. The van der Waals surface area contributed by atoms with E-state index in [4.69, 9.17) is 5.73 Å². The van der Waals surface area contributed by atoms with Gasteiger partial charge in [-0.2, -0.15) is 5.26 Å². The third-order valence-electron chi connectivity index (χ3n) is 3.88. The lowest BCUT2D eigenvalue weighted by molar-refractivity contribution is -0.274. The minimum absolute atomic E-state index is 0.313. The fraction of sp³-hybridized carbons (Fsp3) is 0.167. The van der Waals surface area contributed by atoms with E-state index in [1.54, 1.807) is 24.3 Å². The van der Waals surface area contributed by atoms with E-state index in [0.717, 1.165) is 5.56 Å². The van der Waals surface area contributed by atoms with Crippen LogP contribution in [-0.2, 0) is 6.42 Å². The number of nitrogens with one attached hydrogen (secondary N) is 1. The smallest absolute Gasteiger partial charge is 0.406 e. The van der Waals surface area contributed by atoms with E-state index in [9.17, 15) is 18.4 Å². The Morgan fingerprint density at radius 3 is 2.44 bits per heavy atom. The third kappa shape index (κ3) is 3.24. The number of rotatable bonds is 3. The molecule has 7 heteroatoms. The molecule has 1 aromatic heterocycles. The third-order valence-corrected chi connectivity index (χ3v) is 3.88. The van der Waals surface area contributed by atoms with Crippen LogP contribution in [-0.4, -0.2) is 11.3 Å². The minimum atomic E-state index is -4.77. The number of benzene rings is 2. The molecule has 25 heavy (non-hydrogen) atoms. The van der Waals surface area contributed by atoms with Gasteiger partial charge in [-0.05, 0) is 35.7 Å². The van der Waals surface area contributed by atoms with Crippen molar-refractivity contribution in [2.75, 3.05) is 5.73 Å². The standard InChI is InChI=1S/C18H14F3N3O/c1-2-10-7-13(25-18(19,20)21)8-15-16(10)14(9-22)17(24-15)11-3-5-12(23)6-4-11/h3-8,24H,2,23H2,1H3. The second-order valence-electron chi connectivity index (χ2n) is 5.52. The summed E-state index contributed by atoms with van der Waals surface area (Å²) < 4.78 is 41.6. The predicted octanol–water partition coefficient (Wildman–Crippen LogP) is 4.75. The number of nitrogens with zero attached hydrogens (tertiary/aromatic N) is 1. The van der Waals surface area contributed by atoms with Crippen molar-refractivity contribution in [2.45, 2.75) is 19.7 Å². The van der Waals surface area contributed by atoms with Gasteiger partial charge in [-0.15, -0.1) is 13.2 Å². The molecule has 4 nitrogen and oxygen atoms in total. The number of halogens is 3. The first-order valence-electron chi connectivity index (χ1n) is 7.52. The van der Waals surface area contributed by atoms with Gasteiger partial charge in [0.15, 0.2) is 0 Å². The number of aromatic amines is 1. The molecule has 0 saturated heterocycles. The molecule has 0 aliphatic heterocycles. The van der Waals surface area contributed by atoms with Crippen LogP contribution in [0, 0.1) is 11.3 Å². The summed E-state index contributed by atoms with van der Waals surface area (Å²) in [5.41, 5.74) is 8.92. The Hall–Kier alpha value is -3.14. The van der Waals surface area contributed by atoms with E-state index in [0.29, 0.717) is 39.8 Å². The lowest BCUT2D eigenvalue weighted by atomic mass is 10.0. The van der Waals surface area contributed by atoms with Crippen LogP contribution >= 0.6 is 0 Å². The van der Waals surface area contributed by atoms with Gasteiger partial charge in [0, 0.05) is 17.1 Å². The summed E-state index contributed by atoms with van der Waals surface area (Å²) in [6.07, 6.45) is -4.32. The first kappa shape index (κ1) is 16.7. The highest BCUT2D eigenvalue weighted by molar-refractivity contribution is 5.96. The first-order valence-corrected chi connectivity index (χ1v) is 7.52. The number of nitrogens with two attached hydrogens (primary N) is 1. The second-order valence-corrected chi connectivity index (χ2v) is 5.52. The van der Waals surface area contributed by atoms with E-state index in [1.165, 1.54) is 12.1 Å². The number of hydrogen-bond donors (Lipinski definition) is 2. The number of anilines is 1. The van der Waals surface area contributed by atoms with Crippen LogP contribution in [0.1, 0.15) is 18.1 Å². The number of nitrogen functional groups attached to an aromatic ring is 1. The monoisotopic (exact) mass is 345 g/mol. The van der Waals surface area contributed by atoms with Crippen molar-refractivity contribution in [2.24, 2.45) is 0 Å². The van der Waals surface area contributed by atoms with Gasteiger partial charge in [-0.25, -0.2) is 0 Å². The number of fused-ring (bicyclic) bond motifs is 1. The average molecular weight is 345 g/mol. The molecule has 0 saturated carbocycles. The molecule has 0 bridgehead atoms. The van der Waals surface area contributed by atoms with E-state index in [-0.39, 0.29) is 5.75 Å². The molecule has 3 aromatic rings. The Morgan fingerprint density at radius 2 is 1.88 bits per heavy atom. The molecule has 0 atom stereocenters. The van der Waals surface area contributed by atoms with Gasteiger partial charge in [0.2, 0.25) is 0 Å². The molecule has 3 N–H and O–H groups in total. The van der Waals surface area contributed by atoms with Crippen molar-refractivity contribution in [1.82, 2.24) is 4.98 Å². The van der Waals surface area contributed by atoms with Crippen molar-refractivity contribution >= 4 is 16.6 Å². The molecule has 2 aromatic carbocycles. The summed E-state index contributed by atoms with van der Waals surface area (Å²) in [6, 6.07) is 11.6. The summed E-state index contributed by atoms with van der Waals surface area (Å²) in [6.45, 7) is 1.81. The molecule has 3 rings (SSSR count). The molecule has 128 valence electrons. The fourth-order valence-electron chi connectivity index (χ4n) is 2.84. The first-order chi connectivity index (χ1) is 11.8. The zero-order chi connectivity index (χ0) is 18.2. The summed E-state index contributed by atoms with van der Waals surface area (Å²) in [4.78, 5) is 3.04. The number of alkyl halides is 3. The maximum Gasteiger partial charge on any atom is 0.573 e. The Morgan fingerprint density at radius 1 is 1.20 bits per heavy atom. The molecule has 0 radical (unpaired) electrons. The van der Waals surface area contributed by atoms with Crippen LogP contribution in [0.2, 0.25) is 0 Å². The maximum atomic E-state index is 12.5. The van der Waals surface area contributed by atoms with Gasteiger partial charge >= 0.3 is 6.36 Å². The van der Waals surface area contributed by atoms with Gasteiger partial charge < -0.3 is 15.5 Å². The number of aromatic nitrogens is 1. The molecule has 0 aliphatic rings. The van der Waals surface area contributed by atoms with Crippen LogP contribution in [0.25, 0.3) is 22.2 Å². The highest BCUT2D eigenvalue weighted by Gasteiger charge is 2.31. The highest BCUT2D eigenvalue weighted by Crippen LogP contribution is 2.36. The maximum absolute atomic E-state index is 12.5. The fourth-order valence-corrected chi connectivity index (χ4v) is 2.84. The predicted molar refractivity (Wildman–Crippen MR) is 88.9 cm³/mol. The molecule has 0 fully saturated rings. The van der Waals surface area contributed by atoms with Crippen LogP contribution in [0.3, 0.4) is 0 Å². The highest BCUT2D eigenvalue weighted by atomic mass is 19.4. The number of aryl methyl sites for hydroxylation is 1. The van der Waals surface area contributed by atoms with E-state index >= 15 is 0 Å². The van der Waals surface area contributed by atoms with Crippen molar-refractivity contribution in [3.63, 3.8) is 0 Å². The van der Waals surface area contributed by atoms with E-state index in [2.05, 4.69) is 15.8 Å². The summed E-state index contributed by atoms with van der Waals surface area (Å²) >= 11 is 0. The zero-order valence-corrected chi connectivity index (χ0v) is 13.2. The Kier molecular flexibility index (Phi) is 4.05. The van der Waals surface area contributed by atoms with Crippen LogP contribution in [0.5, 0.6) is 5.75 Å². The number of H-pyrrole nitrogens is 1. The van der Waals surface area contributed by atoms with Gasteiger partial charge in [0.05, 0.1) is 16.8 Å². The minimum Gasteiger partial charge on any atom is -0.406 e. The molecule has 0 amide bonds. The van der Waals surface area contributed by atoms with Gasteiger partial charge in [-0.1, -0.05) is 19.1 Å². The SMILES string of the molecule is CCc1cc(OC(F)(F)F)cc2[nH]c(-c3ccc(N)cc3)c(C#N)c12. The van der Waals surface area contributed by atoms with E-state index < -0.39 is 6.36 Å². The average Bonchev–Trinajstić information content (AvgIpc) is 2.91. The van der Waals surface area contributed by atoms with Crippen molar-refractivity contribution < 1.29 is 17.9 Å². The van der Waals surface area contributed by atoms with Crippen molar-refractivity contribution in [1.29, 1.82) is 5.26 Å². The van der Waals surface area contributed by atoms with Gasteiger partial charge in [-0.3, -0.25) is 0 Å². The lowest BCUT2D eigenvalue weighted by Crippen LogP contribution is -2.17. The summed E-state index contributed by atoms with van der Waals surface area (Å²) in [5, 5.41) is 10.2. The normalized spacial score (nSPS) is 11.5. The van der Waals surface area contributed by atoms with Gasteiger partial charge in [0.1, 0.15) is 11.8 Å². The molecule has 0 unspecified atom stereocenters. The molecule has 0 spiro atoms. The lowest BCUT2D eigenvalue weighted by Gasteiger charge is -2.10. The van der Waals surface area contributed by atoms with Crippen LogP contribution in [0.15, 0.2) is 36.4 Å². The van der Waals surface area contributed by atoms with Crippen LogP contribution in [0.4, 0.5) is 18.9 Å². The zero-order valence-electron chi connectivity index (χ0n) is 13.2. The topological polar surface area (TPSA) is 74.8 Å². The Bertz CT molecular complexity index is 966. The van der Waals surface area contributed by atoms with Gasteiger partial charge in [0.25, 0.3) is 0 Å². The number of ether oxygens (including phenoxy) is 1. The Labute approximate surface area is 141 Å². The quantitative estimate of drug-likeness (QED) is 0.673. The summed E-state index contributed by atoms with van der Waals surface area (Å²) in [7, 11) is 0. The molecule has 0 aliphatic carbocycles. The van der Waals surface area contributed by atoms with Crippen molar-refractivity contribution in [3.05, 3.63) is 47.5 Å². The molecule has 1 heterocycles. The molecular weight excluding hydrogens is 331 g/mol.